The Morgan fingerprint density at radius 3 is 2.86 bits per heavy atom. The van der Waals surface area contributed by atoms with Crippen molar-refractivity contribution < 1.29 is 14.3 Å². The predicted octanol–water partition coefficient (Wildman–Crippen LogP) is 3.15. The fourth-order valence-corrected chi connectivity index (χ4v) is 2.49. The number of nitrogens with zero attached hydrogens (tertiary/aromatic N) is 1. The second kappa shape index (κ2) is 4.82. The summed E-state index contributed by atoms with van der Waals surface area (Å²) in [6, 6.07) is 14.8. The third-order valence-corrected chi connectivity index (χ3v) is 3.61. The van der Waals surface area contributed by atoms with Crippen LogP contribution in [0.1, 0.15) is 10.4 Å². The van der Waals surface area contributed by atoms with Gasteiger partial charge in [0.2, 0.25) is 0 Å². The van der Waals surface area contributed by atoms with Crippen LogP contribution in [0.25, 0.3) is 33.6 Å². The molecular formula is C17H12N2O3. The number of hydrogen-bond donors (Lipinski definition) is 2. The number of furan rings is 1. The molecule has 0 radical (unpaired) electrons. The number of para-hydroxylation sites is 1. The van der Waals surface area contributed by atoms with E-state index in [9.17, 15) is 4.79 Å². The molecule has 0 aliphatic rings. The SMILES string of the molecule is O=C(CO)c1ccc2nc(-c3cc4ccccc4o3)[nH]c2c1. The average molecular weight is 292 g/mol. The number of carbonyl (C=O) groups is 1. The van der Waals surface area contributed by atoms with E-state index in [1.807, 2.05) is 30.3 Å². The number of benzene rings is 2. The van der Waals surface area contributed by atoms with Crippen molar-refractivity contribution in [3.05, 3.63) is 54.1 Å². The van der Waals surface area contributed by atoms with E-state index >= 15 is 0 Å². The predicted molar refractivity (Wildman–Crippen MR) is 82.7 cm³/mol. The molecule has 5 nitrogen and oxygen atoms in total. The Hall–Kier alpha value is -2.92. The number of fused-ring (bicyclic) bond motifs is 2. The Morgan fingerprint density at radius 2 is 2.05 bits per heavy atom. The summed E-state index contributed by atoms with van der Waals surface area (Å²) < 4.78 is 5.78. The molecule has 108 valence electrons. The van der Waals surface area contributed by atoms with Crippen LogP contribution >= 0.6 is 0 Å². The van der Waals surface area contributed by atoms with Gasteiger partial charge in [-0.3, -0.25) is 4.79 Å². The number of Topliss-reactive ketones (excluding diaryl/α,β-unsaturated/α-hetero) is 1. The lowest BCUT2D eigenvalue weighted by Gasteiger charge is -1.95. The molecule has 0 aliphatic carbocycles. The Bertz CT molecular complexity index is 964. The first-order valence-corrected chi connectivity index (χ1v) is 6.87. The van der Waals surface area contributed by atoms with Gasteiger partial charge in [-0.1, -0.05) is 18.2 Å². The maximum Gasteiger partial charge on any atom is 0.188 e. The fraction of sp³-hybridized carbons (Fsp3) is 0.0588. The molecule has 2 aromatic heterocycles. The van der Waals surface area contributed by atoms with Gasteiger partial charge in [0, 0.05) is 10.9 Å². The molecule has 0 bridgehead atoms. The third kappa shape index (κ3) is 1.99. The highest BCUT2D eigenvalue weighted by Gasteiger charge is 2.12. The van der Waals surface area contributed by atoms with E-state index in [2.05, 4.69) is 9.97 Å². The van der Waals surface area contributed by atoms with E-state index < -0.39 is 6.61 Å². The van der Waals surface area contributed by atoms with Crippen molar-refractivity contribution in [1.29, 1.82) is 0 Å². The number of rotatable bonds is 3. The van der Waals surface area contributed by atoms with Gasteiger partial charge >= 0.3 is 0 Å². The van der Waals surface area contributed by atoms with Crippen molar-refractivity contribution in [3.63, 3.8) is 0 Å². The summed E-state index contributed by atoms with van der Waals surface area (Å²) in [5, 5.41) is 9.94. The van der Waals surface area contributed by atoms with E-state index in [1.165, 1.54) is 0 Å². The van der Waals surface area contributed by atoms with Gasteiger partial charge in [-0.15, -0.1) is 0 Å². The number of imidazole rings is 1. The zero-order chi connectivity index (χ0) is 15.1. The maximum atomic E-state index is 11.5. The lowest BCUT2D eigenvalue weighted by atomic mass is 10.1. The summed E-state index contributed by atoms with van der Waals surface area (Å²) in [5.41, 5.74) is 2.73. The summed E-state index contributed by atoms with van der Waals surface area (Å²) >= 11 is 0. The van der Waals surface area contributed by atoms with Gasteiger partial charge < -0.3 is 14.5 Å². The number of H-pyrrole nitrogens is 1. The van der Waals surface area contributed by atoms with Gasteiger partial charge in [-0.25, -0.2) is 4.98 Å². The van der Waals surface area contributed by atoms with Gasteiger partial charge in [-0.2, -0.15) is 0 Å². The molecule has 2 heterocycles. The number of aliphatic hydroxyl groups excluding tert-OH is 1. The molecule has 0 unspecified atom stereocenters. The van der Waals surface area contributed by atoms with Crippen molar-refractivity contribution in [1.82, 2.24) is 9.97 Å². The summed E-state index contributed by atoms with van der Waals surface area (Å²) in [6.07, 6.45) is 0. The first-order valence-electron chi connectivity index (χ1n) is 6.87. The van der Waals surface area contributed by atoms with Crippen LogP contribution in [0.15, 0.2) is 52.9 Å². The summed E-state index contributed by atoms with van der Waals surface area (Å²) in [5.74, 6) is 0.939. The zero-order valence-corrected chi connectivity index (χ0v) is 11.5. The molecule has 2 N–H and O–H groups in total. The Morgan fingerprint density at radius 1 is 1.18 bits per heavy atom. The van der Waals surface area contributed by atoms with Crippen LogP contribution in [-0.4, -0.2) is 27.5 Å². The van der Waals surface area contributed by atoms with E-state index in [0.717, 1.165) is 22.0 Å². The third-order valence-electron chi connectivity index (χ3n) is 3.61. The van der Waals surface area contributed by atoms with Crippen molar-refractivity contribution in [2.24, 2.45) is 0 Å². The van der Waals surface area contributed by atoms with Crippen LogP contribution in [0.2, 0.25) is 0 Å². The number of aromatic amines is 1. The van der Waals surface area contributed by atoms with Crippen LogP contribution in [0.3, 0.4) is 0 Å². The molecular weight excluding hydrogens is 280 g/mol. The molecule has 2 aromatic carbocycles. The highest BCUT2D eigenvalue weighted by Crippen LogP contribution is 2.27. The van der Waals surface area contributed by atoms with Gasteiger partial charge in [-0.05, 0) is 30.3 Å². The molecule has 0 amide bonds. The van der Waals surface area contributed by atoms with Crippen molar-refractivity contribution >= 4 is 27.8 Å². The minimum absolute atomic E-state index is 0.318. The molecule has 0 spiro atoms. The van der Waals surface area contributed by atoms with Gasteiger partial charge in [0.25, 0.3) is 0 Å². The molecule has 4 rings (SSSR count). The molecule has 5 heteroatoms. The first-order chi connectivity index (χ1) is 10.7. The smallest absolute Gasteiger partial charge is 0.188 e. The average Bonchev–Trinajstić information content (AvgIpc) is 3.16. The zero-order valence-electron chi connectivity index (χ0n) is 11.5. The number of aromatic nitrogens is 2. The quantitative estimate of drug-likeness (QED) is 0.568. The lowest BCUT2D eigenvalue weighted by Crippen LogP contribution is -2.03. The molecule has 0 saturated heterocycles. The monoisotopic (exact) mass is 292 g/mol. The van der Waals surface area contributed by atoms with E-state index in [0.29, 0.717) is 17.1 Å². The number of ketones is 1. The molecule has 0 atom stereocenters. The number of carbonyl (C=O) groups excluding carboxylic acids is 1. The van der Waals surface area contributed by atoms with E-state index in [4.69, 9.17) is 9.52 Å². The van der Waals surface area contributed by atoms with E-state index in [-0.39, 0.29) is 5.78 Å². The fourth-order valence-electron chi connectivity index (χ4n) is 2.49. The molecule has 0 fully saturated rings. The Labute approximate surface area is 125 Å². The van der Waals surface area contributed by atoms with Crippen molar-refractivity contribution in [3.8, 4) is 11.6 Å². The summed E-state index contributed by atoms with van der Waals surface area (Å²) in [6.45, 7) is -0.504. The van der Waals surface area contributed by atoms with Crippen LogP contribution in [0.4, 0.5) is 0 Å². The summed E-state index contributed by atoms with van der Waals surface area (Å²) in [7, 11) is 0. The standard InChI is InChI=1S/C17H12N2O3/c20-9-14(21)10-5-6-12-13(7-10)19-17(18-12)16-8-11-3-1-2-4-15(11)22-16/h1-8,20H,9H2,(H,18,19). The van der Waals surface area contributed by atoms with Crippen LogP contribution < -0.4 is 0 Å². The largest absolute Gasteiger partial charge is 0.453 e. The minimum Gasteiger partial charge on any atom is -0.453 e. The highest BCUT2D eigenvalue weighted by atomic mass is 16.3. The highest BCUT2D eigenvalue weighted by molar-refractivity contribution is 5.99. The lowest BCUT2D eigenvalue weighted by molar-refractivity contribution is 0.0904. The minimum atomic E-state index is -0.504. The van der Waals surface area contributed by atoms with Gasteiger partial charge in [0.1, 0.15) is 12.2 Å². The maximum absolute atomic E-state index is 11.5. The van der Waals surface area contributed by atoms with Crippen LogP contribution in [0, 0.1) is 0 Å². The second-order valence-corrected chi connectivity index (χ2v) is 5.05. The van der Waals surface area contributed by atoms with Gasteiger partial charge in [0.15, 0.2) is 17.4 Å². The van der Waals surface area contributed by atoms with Gasteiger partial charge in [0.05, 0.1) is 11.0 Å². The Balaban J connectivity index is 1.83. The first kappa shape index (κ1) is 12.8. The molecule has 4 aromatic rings. The van der Waals surface area contributed by atoms with Crippen LogP contribution in [0.5, 0.6) is 0 Å². The molecule has 0 aliphatic heterocycles. The van der Waals surface area contributed by atoms with Crippen molar-refractivity contribution in [2.45, 2.75) is 0 Å². The van der Waals surface area contributed by atoms with E-state index in [1.54, 1.807) is 18.2 Å². The Kier molecular flexibility index (Phi) is 2.80. The number of aliphatic hydroxyl groups is 1. The van der Waals surface area contributed by atoms with Crippen molar-refractivity contribution in [2.75, 3.05) is 6.61 Å². The van der Waals surface area contributed by atoms with Crippen LogP contribution in [-0.2, 0) is 0 Å². The normalized spacial score (nSPS) is 11.3. The number of hydrogen-bond acceptors (Lipinski definition) is 4. The topological polar surface area (TPSA) is 79.1 Å². The molecule has 0 saturated carbocycles. The second-order valence-electron chi connectivity index (χ2n) is 5.05. The summed E-state index contributed by atoms with van der Waals surface area (Å²) in [4.78, 5) is 19.2. The number of nitrogens with one attached hydrogen (secondary N) is 1. The molecule has 22 heavy (non-hydrogen) atoms.